The van der Waals surface area contributed by atoms with Crippen molar-refractivity contribution in [2.24, 2.45) is 0 Å². The Hall–Kier alpha value is -2.69. The molecule has 1 aliphatic heterocycles. The normalized spacial score (nSPS) is 16.1. The Morgan fingerprint density at radius 1 is 1.14 bits per heavy atom. The van der Waals surface area contributed by atoms with E-state index in [0.29, 0.717) is 28.2 Å². The van der Waals surface area contributed by atoms with E-state index in [1.165, 1.54) is 14.2 Å². The van der Waals surface area contributed by atoms with Gasteiger partial charge in [-0.05, 0) is 24.6 Å². The minimum atomic E-state index is -0.691. The third-order valence-corrected chi connectivity index (χ3v) is 3.75. The summed E-state index contributed by atoms with van der Waals surface area (Å²) in [4.78, 5) is 12.1. The Bertz CT molecular complexity index is 751. The van der Waals surface area contributed by atoms with Crippen molar-refractivity contribution in [3.05, 3.63) is 52.6 Å². The highest BCUT2D eigenvalue weighted by Gasteiger charge is 2.37. The molecule has 0 spiro atoms. The number of fused-ring (bicyclic) bond motifs is 1. The van der Waals surface area contributed by atoms with E-state index in [2.05, 4.69) is 0 Å². The summed E-state index contributed by atoms with van der Waals surface area (Å²) in [6.07, 6.45) is -0.691. The predicted octanol–water partition coefficient (Wildman–Crippen LogP) is 2.98. The number of aromatic hydroxyl groups is 1. The van der Waals surface area contributed by atoms with E-state index in [0.717, 1.165) is 5.56 Å². The molecular weight excluding hydrogens is 284 g/mol. The first-order valence-electron chi connectivity index (χ1n) is 6.81. The summed E-state index contributed by atoms with van der Waals surface area (Å²) in [5.41, 5.74) is 2.45. The quantitative estimate of drug-likeness (QED) is 0.883. The van der Waals surface area contributed by atoms with E-state index in [9.17, 15) is 9.90 Å². The van der Waals surface area contributed by atoms with Gasteiger partial charge in [-0.3, -0.25) is 0 Å². The van der Waals surface area contributed by atoms with Crippen LogP contribution in [0.4, 0.5) is 0 Å². The topological polar surface area (TPSA) is 65.0 Å². The Balaban J connectivity index is 2.18. The van der Waals surface area contributed by atoms with Crippen molar-refractivity contribution in [2.45, 2.75) is 13.0 Å². The summed E-state index contributed by atoms with van der Waals surface area (Å²) in [5, 5.41) is 10.2. The number of hydrogen-bond acceptors (Lipinski definition) is 5. The molecule has 1 heterocycles. The van der Waals surface area contributed by atoms with Crippen LogP contribution >= 0.6 is 0 Å². The lowest BCUT2D eigenvalue weighted by Crippen LogP contribution is -2.02. The molecular formula is C17H16O5. The third kappa shape index (κ3) is 2.15. The van der Waals surface area contributed by atoms with Gasteiger partial charge in [0.2, 0.25) is 0 Å². The van der Waals surface area contributed by atoms with Gasteiger partial charge in [0.1, 0.15) is 17.2 Å². The van der Waals surface area contributed by atoms with Gasteiger partial charge in [0.05, 0.1) is 25.3 Å². The highest BCUT2D eigenvalue weighted by molar-refractivity contribution is 5.96. The molecule has 5 heteroatoms. The molecule has 0 radical (unpaired) electrons. The number of phenolic OH excluding ortho intramolecular Hbond substituents is 1. The molecule has 5 nitrogen and oxygen atoms in total. The Morgan fingerprint density at radius 3 is 2.55 bits per heavy atom. The lowest BCUT2D eigenvalue weighted by Gasteiger charge is -2.16. The summed E-state index contributed by atoms with van der Waals surface area (Å²) in [7, 11) is 3.04. The number of carbonyl (C=O) groups is 1. The van der Waals surface area contributed by atoms with Crippen LogP contribution in [0, 0.1) is 6.92 Å². The minimum Gasteiger partial charge on any atom is -0.508 e. The molecule has 0 amide bonds. The number of carbonyl (C=O) groups excluding carboxylic acids is 1. The fourth-order valence-corrected chi connectivity index (χ4v) is 2.65. The van der Waals surface area contributed by atoms with E-state index in [-0.39, 0.29) is 5.75 Å². The van der Waals surface area contributed by atoms with Crippen LogP contribution < -0.4 is 9.47 Å². The van der Waals surface area contributed by atoms with Crippen molar-refractivity contribution >= 4 is 5.97 Å². The van der Waals surface area contributed by atoms with Gasteiger partial charge in [-0.25, -0.2) is 4.79 Å². The zero-order valence-corrected chi connectivity index (χ0v) is 12.5. The minimum absolute atomic E-state index is 0.0866. The molecule has 0 fully saturated rings. The fraction of sp³-hybridized carbons (Fsp3) is 0.235. The fourth-order valence-electron chi connectivity index (χ4n) is 2.65. The van der Waals surface area contributed by atoms with Crippen LogP contribution in [0.15, 0.2) is 30.3 Å². The van der Waals surface area contributed by atoms with Gasteiger partial charge < -0.3 is 19.3 Å². The monoisotopic (exact) mass is 300 g/mol. The van der Waals surface area contributed by atoms with Gasteiger partial charge in [0, 0.05) is 11.6 Å². The molecule has 0 bridgehead atoms. The summed E-state index contributed by atoms with van der Waals surface area (Å²) in [6.45, 7) is 1.88. The number of esters is 1. The van der Waals surface area contributed by atoms with Gasteiger partial charge in [0.15, 0.2) is 6.10 Å². The van der Waals surface area contributed by atoms with Crippen LogP contribution in [0.5, 0.6) is 17.2 Å². The molecule has 0 saturated carbocycles. The van der Waals surface area contributed by atoms with Crippen molar-refractivity contribution in [1.29, 1.82) is 0 Å². The van der Waals surface area contributed by atoms with Crippen molar-refractivity contribution in [3.8, 4) is 17.2 Å². The Kier molecular flexibility index (Phi) is 3.41. The second-order valence-electron chi connectivity index (χ2n) is 5.14. The largest absolute Gasteiger partial charge is 0.508 e. The Labute approximate surface area is 128 Å². The standard InChI is InChI=1S/C17H16O5/c1-9-4-5-11(13(18)6-9)16-15-12(17(19)22-16)7-10(20-2)8-14(15)21-3/h4-8,16,18H,1-3H3. The molecule has 0 aromatic heterocycles. The molecule has 22 heavy (non-hydrogen) atoms. The average molecular weight is 300 g/mol. The third-order valence-electron chi connectivity index (χ3n) is 3.75. The molecule has 114 valence electrons. The lowest BCUT2D eigenvalue weighted by atomic mass is 9.96. The maximum atomic E-state index is 12.1. The van der Waals surface area contributed by atoms with Crippen LogP contribution in [0.3, 0.4) is 0 Å². The highest BCUT2D eigenvalue weighted by Crippen LogP contribution is 2.45. The molecule has 1 aliphatic rings. The number of phenols is 1. The van der Waals surface area contributed by atoms with E-state index >= 15 is 0 Å². The molecule has 1 unspecified atom stereocenters. The summed E-state index contributed by atoms with van der Waals surface area (Å²) in [5.74, 6) is 0.632. The maximum absolute atomic E-state index is 12.1. The van der Waals surface area contributed by atoms with Gasteiger partial charge in [-0.1, -0.05) is 12.1 Å². The number of cyclic esters (lactones) is 1. The van der Waals surface area contributed by atoms with E-state index < -0.39 is 12.1 Å². The Morgan fingerprint density at radius 2 is 1.91 bits per heavy atom. The van der Waals surface area contributed by atoms with Crippen LogP contribution in [-0.2, 0) is 4.74 Å². The summed E-state index contributed by atoms with van der Waals surface area (Å²) >= 11 is 0. The van der Waals surface area contributed by atoms with Crippen LogP contribution in [0.25, 0.3) is 0 Å². The van der Waals surface area contributed by atoms with Crippen molar-refractivity contribution in [3.63, 3.8) is 0 Å². The number of aryl methyl sites for hydroxylation is 1. The summed E-state index contributed by atoms with van der Waals surface area (Å²) < 4.78 is 16.0. The van der Waals surface area contributed by atoms with E-state index in [4.69, 9.17) is 14.2 Å². The number of benzene rings is 2. The lowest BCUT2D eigenvalue weighted by molar-refractivity contribution is 0.0451. The second-order valence-corrected chi connectivity index (χ2v) is 5.14. The molecule has 2 aromatic carbocycles. The molecule has 0 aliphatic carbocycles. The van der Waals surface area contributed by atoms with Gasteiger partial charge in [-0.15, -0.1) is 0 Å². The predicted molar refractivity (Wildman–Crippen MR) is 79.6 cm³/mol. The number of methoxy groups -OCH3 is 2. The number of ether oxygens (including phenoxy) is 3. The van der Waals surface area contributed by atoms with Crippen molar-refractivity contribution in [1.82, 2.24) is 0 Å². The first-order chi connectivity index (χ1) is 10.5. The van der Waals surface area contributed by atoms with Crippen molar-refractivity contribution in [2.75, 3.05) is 14.2 Å². The van der Waals surface area contributed by atoms with Crippen LogP contribution in [0.2, 0.25) is 0 Å². The zero-order valence-electron chi connectivity index (χ0n) is 12.5. The smallest absolute Gasteiger partial charge is 0.339 e. The van der Waals surface area contributed by atoms with Crippen LogP contribution in [0.1, 0.15) is 33.2 Å². The second kappa shape index (κ2) is 5.26. The van der Waals surface area contributed by atoms with Crippen LogP contribution in [-0.4, -0.2) is 25.3 Å². The zero-order chi connectivity index (χ0) is 15.9. The number of hydrogen-bond donors (Lipinski definition) is 1. The number of rotatable bonds is 3. The van der Waals surface area contributed by atoms with Gasteiger partial charge in [0.25, 0.3) is 0 Å². The molecule has 1 N–H and O–H groups in total. The maximum Gasteiger partial charge on any atom is 0.339 e. The van der Waals surface area contributed by atoms with Gasteiger partial charge >= 0.3 is 5.97 Å². The molecule has 3 rings (SSSR count). The summed E-state index contributed by atoms with van der Waals surface area (Å²) in [6, 6.07) is 8.56. The van der Waals surface area contributed by atoms with E-state index in [1.807, 2.05) is 13.0 Å². The molecule has 1 atom stereocenters. The SMILES string of the molecule is COc1cc(OC)c2c(c1)C(=O)OC2c1ccc(C)cc1O. The first-order valence-corrected chi connectivity index (χ1v) is 6.81. The first kappa shape index (κ1) is 14.3. The highest BCUT2D eigenvalue weighted by atomic mass is 16.6. The molecule has 2 aromatic rings. The molecule has 0 saturated heterocycles. The van der Waals surface area contributed by atoms with Crippen molar-refractivity contribution < 1.29 is 24.1 Å². The van der Waals surface area contributed by atoms with E-state index in [1.54, 1.807) is 24.3 Å². The van der Waals surface area contributed by atoms with Gasteiger partial charge in [-0.2, -0.15) is 0 Å². The average Bonchev–Trinajstić information content (AvgIpc) is 2.83.